The first-order valence-corrected chi connectivity index (χ1v) is 12.8. The molecular formula is C28H29Cl2F6N5O. The topological polar surface area (TPSA) is 74.5 Å². The maximum Gasteiger partial charge on any atom is 0.266 e. The molecule has 5 rings (SSSR count). The summed E-state index contributed by atoms with van der Waals surface area (Å²) in [5.74, 6) is -9.20. The quantitative estimate of drug-likeness (QED) is 0.317. The number of hydrogen-bond acceptors (Lipinski definition) is 5. The zero-order valence-electron chi connectivity index (χ0n) is 22.4. The molecule has 0 bridgehead atoms. The molecule has 1 aromatic heterocycles. The molecule has 2 aliphatic heterocycles. The molecule has 42 heavy (non-hydrogen) atoms. The van der Waals surface area contributed by atoms with Gasteiger partial charge in [-0.25, -0.2) is 26.3 Å². The van der Waals surface area contributed by atoms with Gasteiger partial charge in [-0.2, -0.15) is 0 Å². The fraction of sp³-hybridized carbons (Fsp3) is 0.357. The third kappa shape index (κ3) is 6.71. The van der Waals surface area contributed by atoms with E-state index in [1.807, 2.05) is 11.8 Å². The molecule has 2 atom stereocenters. The van der Waals surface area contributed by atoms with E-state index in [4.69, 9.17) is 5.73 Å². The van der Waals surface area contributed by atoms with Gasteiger partial charge in [-0.1, -0.05) is 6.92 Å². The van der Waals surface area contributed by atoms with Gasteiger partial charge in [0.15, 0.2) is 0 Å². The second kappa shape index (κ2) is 13.0. The summed E-state index contributed by atoms with van der Waals surface area (Å²) in [7, 11) is 0. The minimum atomic E-state index is -3.02. The van der Waals surface area contributed by atoms with Crippen LogP contribution in [0.2, 0.25) is 0 Å². The highest BCUT2D eigenvalue weighted by atomic mass is 35.5. The SMILES string of the molecule is C[C@@H]1C[C@H](N)CN(c2ccncc2NC(=O)c2ccc(F)c(-c3c(F)cc(N4CCC(F)(F)C4)cc3F)c2F)C1.Cl.Cl. The van der Waals surface area contributed by atoms with Gasteiger partial charge in [-0.15, -0.1) is 24.8 Å². The van der Waals surface area contributed by atoms with Crippen LogP contribution in [-0.2, 0) is 0 Å². The maximum atomic E-state index is 15.6. The molecule has 3 aromatic rings. The summed E-state index contributed by atoms with van der Waals surface area (Å²) in [6, 6.07) is 4.69. The monoisotopic (exact) mass is 635 g/mol. The van der Waals surface area contributed by atoms with Crippen LogP contribution >= 0.6 is 24.8 Å². The van der Waals surface area contributed by atoms with Gasteiger partial charge in [0, 0.05) is 44.0 Å². The standard InChI is InChI=1S/C28H27F6N5O.2ClH/c1-15-8-16(35)13-39(12-15)23-4-6-36-11-22(23)37-27(40)18-2-3-19(29)25(26(18)32)24-20(30)9-17(10-21(24)31)38-7-5-28(33,34)14-38;;/h2-4,6,9-11,15-16H,5,7-8,12-14,35H2,1H3,(H,37,40);2*1H/t15-,16+;;/m1../s1. The molecular weight excluding hydrogens is 607 g/mol. The summed E-state index contributed by atoms with van der Waals surface area (Å²) >= 11 is 0. The van der Waals surface area contributed by atoms with Crippen LogP contribution in [0.5, 0.6) is 0 Å². The first-order valence-electron chi connectivity index (χ1n) is 12.8. The number of hydrogen-bond donors (Lipinski definition) is 2. The van der Waals surface area contributed by atoms with E-state index in [1.54, 1.807) is 6.07 Å². The van der Waals surface area contributed by atoms with Crippen molar-refractivity contribution in [2.75, 3.05) is 41.3 Å². The number of rotatable bonds is 5. The lowest BCUT2D eigenvalue weighted by atomic mass is 9.96. The Balaban J connectivity index is 0.00000242. The highest BCUT2D eigenvalue weighted by Crippen LogP contribution is 2.38. The molecule has 0 spiro atoms. The van der Waals surface area contributed by atoms with Crippen molar-refractivity contribution in [3.63, 3.8) is 0 Å². The van der Waals surface area contributed by atoms with E-state index in [0.29, 0.717) is 18.8 Å². The number of aromatic nitrogens is 1. The van der Waals surface area contributed by atoms with Crippen LogP contribution in [0.1, 0.15) is 30.1 Å². The number of anilines is 3. The number of carbonyl (C=O) groups is 1. The van der Waals surface area contributed by atoms with Gasteiger partial charge in [0.2, 0.25) is 0 Å². The smallest absolute Gasteiger partial charge is 0.266 e. The van der Waals surface area contributed by atoms with Crippen molar-refractivity contribution in [2.24, 2.45) is 11.7 Å². The van der Waals surface area contributed by atoms with E-state index >= 15 is 13.2 Å². The summed E-state index contributed by atoms with van der Waals surface area (Å²) in [6.07, 6.45) is 3.26. The Bertz CT molecular complexity index is 1430. The predicted octanol–water partition coefficient (Wildman–Crippen LogP) is 6.42. The van der Waals surface area contributed by atoms with Crippen molar-refractivity contribution < 1.29 is 31.1 Å². The number of amides is 1. The Morgan fingerprint density at radius 3 is 2.31 bits per heavy atom. The Labute approximate surface area is 251 Å². The highest BCUT2D eigenvalue weighted by Gasteiger charge is 2.39. The Hall–Kier alpha value is -3.22. The summed E-state index contributed by atoms with van der Waals surface area (Å²) < 4.78 is 87.8. The second-order valence-electron chi connectivity index (χ2n) is 10.4. The zero-order chi connectivity index (χ0) is 28.8. The Kier molecular flexibility index (Phi) is 10.3. The number of pyridine rings is 1. The summed E-state index contributed by atoms with van der Waals surface area (Å²) in [5.41, 5.74) is 4.05. The van der Waals surface area contributed by atoms with Gasteiger partial charge in [-0.3, -0.25) is 9.78 Å². The van der Waals surface area contributed by atoms with Gasteiger partial charge in [0.05, 0.1) is 40.8 Å². The van der Waals surface area contributed by atoms with Crippen molar-refractivity contribution in [3.05, 3.63) is 71.6 Å². The third-order valence-corrected chi connectivity index (χ3v) is 7.23. The zero-order valence-corrected chi connectivity index (χ0v) is 24.0. The Morgan fingerprint density at radius 1 is 1.00 bits per heavy atom. The van der Waals surface area contributed by atoms with Gasteiger partial charge in [0.25, 0.3) is 11.8 Å². The molecule has 1 amide bonds. The van der Waals surface area contributed by atoms with Gasteiger partial charge >= 0.3 is 0 Å². The molecule has 6 nitrogen and oxygen atoms in total. The maximum absolute atomic E-state index is 15.6. The van der Waals surface area contributed by atoms with E-state index in [9.17, 15) is 18.0 Å². The molecule has 0 radical (unpaired) electrons. The Morgan fingerprint density at radius 2 is 1.69 bits per heavy atom. The molecule has 0 aliphatic carbocycles. The van der Waals surface area contributed by atoms with Crippen LogP contribution in [-0.4, -0.2) is 49.0 Å². The summed E-state index contributed by atoms with van der Waals surface area (Å²) in [6.45, 7) is 2.37. The normalized spacial score (nSPS) is 19.6. The van der Waals surface area contributed by atoms with Crippen LogP contribution in [0, 0.1) is 29.2 Å². The third-order valence-electron chi connectivity index (χ3n) is 7.23. The number of nitrogens with two attached hydrogens (primary N) is 1. The lowest BCUT2D eigenvalue weighted by molar-refractivity contribution is 0.0257. The summed E-state index contributed by atoms with van der Waals surface area (Å²) in [4.78, 5) is 20.2. The van der Waals surface area contributed by atoms with Crippen LogP contribution < -0.4 is 20.9 Å². The molecule has 0 saturated carbocycles. The largest absolute Gasteiger partial charge is 0.368 e. The molecule has 228 valence electrons. The average molecular weight is 636 g/mol. The van der Waals surface area contributed by atoms with Crippen molar-refractivity contribution in [3.8, 4) is 11.1 Å². The van der Waals surface area contributed by atoms with Gasteiger partial charge in [-0.05, 0) is 42.7 Å². The van der Waals surface area contributed by atoms with Crippen molar-refractivity contribution in [1.82, 2.24) is 4.98 Å². The number of carbonyl (C=O) groups excluding carboxylic acids is 1. The van der Waals surface area contributed by atoms with E-state index in [-0.39, 0.29) is 54.7 Å². The fourth-order valence-electron chi connectivity index (χ4n) is 5.44. The molecule has 14 heteroatoms. The number of piperidine rings is 1. The molecule has 3 heterocycles. The molecule has 3 N–H and O–H groups in total. The first kappa shape index (κ1) is 33.3. The van der Waals surface area contributed by atoms with E-state index in [0.717, 1.165) is 35.6 Å². The molecule has 2 aliphatic rings. The number of benzene rings is 2. The molecule has 2 fully saturated rings. The van der Waals surface area contributed by atoms with Gasteiger partial charge in [0.1, 0.15) is 23.3 Å². The predicted molar refractivity (Wildman–Crippen MR) is 154 cm³/mol. The first-order chi connectivity index (χ1) is 18.9. The van der Waals surface area contributed by atoms with Crippen LogP contribution in [0.4, 0.5) is 43.4 Å². The lowest BCUT2D eigenvalue weighted by Gasteiger charge is -2.37. The second-order valence-corrected chi connectivity index (χ2v) is 10.4. The van der Waals surface area contributed by atoms with E-state index in [1.165, 1.54) is 12.4 Å². The minimum absolute atomic E-state index is 0. The average Bonchev–Trinajstić information content (AvgIpc) is 3.24. The molecule has 2 saturated heterocycles. The minimum Gasteiger partial charge on any atom is -0.368 e. The number of alkyl halides is 2. The highest BCUT2D eigenvalue weighted by molar-refractivity contribution is 6.06. The van der Waals surface area contributed by atoms with Crippen LogP contribution in [0.15, 0.2) is 42.7 Å². The van der Waals surface area contributed by atoms with Crippen molar-refractivity contribution in [2.45, 2.75) is 31.7 Å². The number of halogens is 8. The lowest BCUT2D eigenvalue weighted by Crippen LogP contribution is -2.46. The van der Waals surface area contributed by atoms with Crippen LogP contribution in [0.25, 0.3) is 11.1 Å². The summed E-state index contributed by atoms with van der Waals surface area (Å²) in [5, 5.41) is 2.56. The van der Waals surface area contributed by atoms with Crippen LogP contribution in [0.3, 0.4) is 0 Å². The van der Waals surface area contributed by atoms with Gasteiger partial charge < -0.3 is 20.9 Å². The number of nitrogens with zero attached hydrogens (tertiary/aromatic N) is 3. The van der Waals surface area contributed by atoms with E-state index < -0.39 is 64.8 Å². The van der Waals surface area contributed by atoms with Crippen molar-refractivity contribution in [1.29, 1.82) is 0 Å². The van der Waals surface area contributed by atoms with Crippen molar-refractivity contribution >= 4 is 47.8 Å². The number of nitrogens with one attached hydrogen (secondary N) is 1. The molecule has 2 aromatic carbocycles. The molecule has 0 unspecified atom stereocenters. The van der Waals surface area contributed by atoms with E-state index in [2.05, 4.69) is 10.3 Å². The fourth-order valence-corrected chi connectivity index (χ4v) is 5.44.